The van der Waals surface area contributed by atoms with Crippen LogP contribution < -0.4 is 9.47 Å². The molecule has 1 aliphatic rings. The zero-order chi connectivity index (χ0) is 13.4. The molecule has 1 unspecified atom stereocenters. The van der Waals surface area contributed by atoms with Gasteiger partial charge in [0.25, 0.3) is 0 Å². The van der Waals surface area contributed by atoms with E-state index in [4.69, 9.17) is 9.47 Å². The molecule has 0 fully saturated rings. The molecule has 1 aromatic carbocycles. The Hall–Kier alpha value is -0.850. The normalized spacial score (nSPS) is 17.3. The highest BCUT2D eigenvalue weighted by atomic mass is 79.9. The Labute approximate surface area is 130 Å². The molecular formula is C13H8Br2O3S. The lowest BCUT2D eigenvalue weighted by Gasteiger charge is -2.25. The molecule has 2 aromatic rings. The van der Waals surface area contributed by atoms with Gasteiger partial charge in [-0.2, -0.15) is 0 Å². The van der Waals surface area contributed by atoms with Crippen LogP contribution in [0.1, 0.15) is 10.4 Å². The lowest BCUT2D eigenvalue weighted by Crippen LogP contribution is -2.36. The molecule has 0 saturated heterocycles. The van der Waals surface area contributed by atoms with Gasteiger partial charge >= 0.3 is 0 Å². The van der Waals surface area contributed by atoms with Gasteiger partial charge < -0.3 is 9.47 Å². The summed E-state index contributed by atoms with van der Waals surface area (Å²) >= 11 is 8.22. The number of ether oxygens (including phenoxy) is 2. The zero-order valence-corrected chi connectivity index (χ0v) is 13.5. The van der Waals surface area contributed by atoms with Gasteiger partial charge in [-0.3, -0.25) is 4.79 Å². The Balaban J connectivity index is 1.85. The van der Waals surface area contributed by atoms with Crippen LogP contribution >= 0.6 is 43.2 Å². The maximum atomic E-state index is 12.4. The number of hydrogen-bond acceptors (Lipinski definition) is 4. The minimum absolute atomic E-state index is 0.0803. The Kier molecular flexibility index (Phi) is 3.64. The van der Waals surface area contributed by atoms with Crippen LogP contribution in [0.15, 0.2) is 37.9 Å². The first-order valence-electron chi connectivity index (χ1n) is 5.52. The Morgan fingerprint density at radius 2 is 2.00 bits per heavy atom. The fourth-order valence-electron chi connectivity index (χ4n) is 1.83. The van der Waals surface area contributed by atoms with Crippen LogP contribution in [0.5, 0.6) is 11.5 Å². The number of ketones is 1. The van der Waals surface area contributed by atoms with Gasteiger partial charge in [0.2, 0.25) is 5.78 Å². The summed E-state index contributed by atoms with van der Waals surface area (Å²) in [5.41, 5.74) is 0.616. The van der Waals surface area contributed by atoms with Crippen molar-refractivity contribution in [3.05, 3.63) is 43.5 Å². The number of Topliss-reactive ketones (excluding diaryl/α,β-unsaturated/α-hetero) is 1. The molecule has 0 bridgehead atoms. The molecule has 6 heteroatoms. The van der Waals surface area contributed by atoms with Crippen molar-refractivity contribution in [2.75, 3.05) is 6.61 Å². The minimum Gasteiger partial charge on any atom is -0.485 e. The second kappa shape index (κ2) is 5.26. The number of thiophene rings is 1. The predicted octanol–water partition coefficient (Wildman–Crippen LogP) is 4.30. The van der Waals surface area contributed by atoms with E-state index in [1.165, 1.54) is 11.3 Å². The molecule has 1 aliphatic heterocycles. The Morgan fingerprint density at radius 3 is 2.68 bits per heavy atom. The summed E-state index contributed by atoms with van der Waals surface area (Å²) in [6, 6.07) is 9.14. The monoisotopic (exact) mass is 402 g/mol. The highest BCUT2D eigenvalue weighted by molar-refractivity contribution is 9.12. The van der Waals surface area contributed by atoms with Gasteiger partial charge in [-0.1, -0.05) is 12.1 Å². The van der Waals surface area contributed by atoms with E-state index < -0.39 is 6.10 Å². The van der Waals surface area contributed by atoms with Crippen molar-refractivity contribution in [1.29, 1.82) is 0 Å². The molecule has 3 rings (SSSR count). The molecule has 19 heavy (non-hydrogen) atoms. The van der Waals surface area contributed by atoms with Crippen molar-refractivity contribution in [2.45, 2.75) is 6.10 Å². The largest absolute Gasteiger partial charge is 0.485 e. The number of rotatable bonds is 2. The minimum atomic E-state index is -0.604. The van der Waals surface area contributed by atoms with Crippen LogP contribution in [0.25, 0.3) is 0 Å². The van der Waals surface area contributed by atoms with Crippen LogP contribution in [0.4, 0.5) is 0 Å². The van der Waals surface area contributed by atoms with Crippen molar-refractivity contribution in [1.82, 2.24) is 0 Å². The second-order valence-electron chi connectivity index (χ2n) is 3.97. The average Bonchev–Trinajstić information content (AvgIpc) is 2.76. The maximum Gasteiger partial charge on any atom is 0.208 e. The summed E-state index contributed by atoms with van der Waals surface area (Å²) in [7, 11) is 0. The molecule has 98 valence electrons. The summed E-state index contributed by atoms with van der Waals surface area (Å²) in [6.07, 6.45) is -0.604. The molecule has 2 heterocycles. The van der Waals surface area contributed by atoms with E-state index >= 15 is 0 Å². The Morgan fingerprint density at radius 1 is 1.26 bits per heavy atom. The van der Waals surface area contributed by atoms with Crippen LogP contribution in [0.2, 0.25) is 0 Å². The quantitative estimate of drug-likeness (QED) is 0.701. The highest BCUT2D eigenvalue weighted by Crippen LogP contribution is 2.35. The molecular weight excluding hydrogens is 396 g/mol. The molecule has 0 amide bonds. The summed E-state index contributed by atoms with van der Waals surface area (Å²) in [5.74, 6) is 1.21. The van der Waals surface area contributed by atoms with Crippen LogP contribution in [-0.2, 0) is 0 Å². The fourth-order valence-corrected chi connectivity index (χ4v) is 4.65. The van der Waals surface area contributed by atoms with Gasteiger partial charge in [0.05, 0.1) is 7.57 Å². The molecule has 0 radical (unpaired) electrons. The number of fused-ring (bicyclic) bond motifs is 1. The number of halogens is 2. The van der Waals surface area contributed by atoms with Crippen molar-refractivity contribution in [3.63, 3.8) is 0 Å². The maximum absolute atomic E-state index is 12.4. The van der Waals surface area contributed by atoms with Gasteiger partial charge in [0, 0.05) is 5.56 Å². The summed E-state index contributed by atoms with van der Waals surface area (Å²) in [5, 5.41) is 0. The number of hydrogen-bond donors (Lipinski definition) is 0. The van der Waals surface area contributed by atoms with Gasteiger partial charge in [-0.05, 0) is 50.1 Å². The summed E-state index contributed by atoms with van der Waals surface area (Å²) in [4.78, 5) is 12.4. The standard InChI is InChI=1S/C13H8Br2O3S/c14-11-5-7(13(15)19-11)12(16)10-6-17-8-3-1-2-4-9(8)18-10/h1-5,10H,6H2. The third-order valence-corrected chi connectivity index (χ3v) is 5.06. The fraction of sp³-hybridized carbons (Fsp3) is 0.154. The van der Waals surface area contributed by atoms with Crippen LogP contribution in [0.3, 0.4) is 0 Å². The van der Waals surface area contributed by atoms with Crippen molar-refractivity contribution in [2.24, 2.45) is 0 Å². The van der Waals surface area contributed by atoms with E-state index in [0.29, 0.717) is 17.1 Å². The van der Waals surface area contributed by atoms with Crippen molar-refractivity contribution >= 4 is 49.0 Å². The molecule has 1 atom stereocenters. The van der Waals surface area contributed by atoms with E-state index in [-0.39, 0.29) is 12.4 Å². The first-order valence-corrected chi connectivity index (χ1v) is 7.93. The van der Waals surface area contributed by atoms with E-state index in [1.54, 1.807) is 12.1 Å². The third-order valence-electron chi connectivity index (χ3n) is 2.72. The van der Waals surface area contributed by atoms with Crippen LogP contribution in [-0.4, -0.2) is 18.5 Å². The second-order valence-corrected chi connectivity index (χ2v) is 7.72. The van der Waals surface area contributed by atoms with Gasteiger partial charge in [0.1, 0.15) is 6.61 Å². The first-order chi connectivity index (χ1) is 9.15. The lowest BCUT2D eigenvalue weighted by molar-refractivity contribution is 0.0585. The SMILES string of the molecule is O=C(c1cc(Br)sc1Br)C1COc2ccccc2O1. The van der Waals surface area contributed by atoms with Crippen molar-refractivity contribution in [3.8, 4) is 11.5 Å². The van der Waals surface area contributed by atoms with Crippen molar-refractivity contribution < 1.29 is 14.3 Å². The van der Waals surface area contributed by atoms with Gasteiger partial charge in [-0.15, -0.1) is 11.3 Å². The molecule has 1 aromatic heterocycles. The van der Waals surface area contributed by atoms with E-state index in [1.807, 2.05) is 18.2 Å². The molecule has 0 saturated carbocycles. The zero-order valence-electron chi connectivity index (χ0n) is 9.56. The first kappa shape index (κ1) is 13.1. The number of para-hydroxylation sites is 2. The van der Waals surface area contributed by atoms with E-state index in [2.05, 4.69) is 31.9 Å². The number of benzene rings is 1. The number of carbonyl (C=O) groups is 1. The summed E-state index contributed by atoms with van der Waals surface area (Å²) in [6.45, 7) is 0.232. The molecule has 0 spiro atoms. The number of carbonyl (C=O) groups excluding carboxylic acids is 1. The van der Waals surface area contributed by atoms with Gasteiger partial charge in [0.15, 0.2) is 17.6 Å². The van der Waals surface area contributed by atoms with E-state index in [0.717, 1.165) is 7.57 Å². The molecule has 0 aliphatic carbocycles. The highest BCUT2D eigenvalue weighted by Gasteiger charge is 2.30. The molecule has 3 nitrogen and oxygen atoms in total. The third kappa shape index (κ3) is 2.57. The van der Waals surface area contributed by atoms with Gasteiger partial charge in [-0.25, -0.2) is 0 Å². The molecule has 0 N–H and O–H groups in total. The van der Waals surface area contributed by atoms with E-state index in [9.17, 15) is 4.79 Å². The average molecular weight is 404 g/mol. The predicted molar refractivity (Wildman–Crippen MR) is 80.4 cm³/mol. The van der Waals surface area contributed by atoms with Crippen LogP contribution in [0, 0.1) is 0 Å². The lowest BCUT2D eigenvalue weighted by atomic mass is 10.1. The Bertz CT molecular complexity index is 639. The smallest absolute Gasteiger partial charge is 0.208 e. The topological polar surface area (TPSA) is 35.5 Å². The summed E-state index contributed by atoms with van der Waals surface area (Å²) < 4.78 is 13.0.